The number of H-pyrrole nitrogens is 1. The third-order valence-corrected chi connectivity index (χ3v) is 6.41. The number of fused-ring (bicyclic) bond motifs is 3. The highest BCUT2D eigenvalue weighted by molar-refractivity contribution is 6.04. The average Bonchev–Trinajstić information content (AvgIpc) is 3.41. The Morgan fingerprint density at radius 2 is 1.63 bits per heavy atom. The molecule has 5 aromatic rings. The average molecular weight is 464 g/mol. The number of primary amides is 1. The van der Waals surface area contributed by atoms with Crippen molar-refractivity contribution < 1.29 is 9.53 Å². The summed E-state index contributed by atoms with van der Waals surface area (Å²) >= 11 is 0. The fraction of sp³-hybridized carbons (Fsp3) is 0.143. The summed E-state index contributed by atoms with van der Waals surface area (Å²) in [4.78, 5) is 19.7. The Kier molecular flexibility index (Phi) is 5.31. The van der Waals surface area contributed by atoms with Gasteiger partial charge in [-0.2, -0.15) is 0 Å². The molecule has 0 unspecified atom stereocenters. The molecule has 2 aromatic heterocycles. The lowest BCUT2D eigenvalue weighted by atomic mass is 10.1. The third kappa shape index (κ3) is 4.06. The maximum Gasteiger partial charge on any atom is 0.254 e. The summed E-state index contributed by atoms with van der Waals surface area (Å²) in [7, 11) is 0. The molecule has 35 heavy (non-hydrogen) atoms. The Labute approximate surface area is 202 Å². The largest absolute Gasteiger partial charge is 0.457 e. The second-order valence-electron chi connectivity index (χ2n) is 8.78. The number of nitrogens with zero attached hydrogens (tertiary/aromatic N) is 3. The molecular formula is C28H25N5O2. The second-order valence-corrected chi connectivity index (χ2v) is 8.78. The number of benzene rings is 3. The number of nitrogens with two attached hydrogens (primary N) is 1. The van der Waals surface area contributed by atoms with Gasteiger partial charge >= 0.3 is 0 Å². The maximum absolute atomic E-state index is 12.5. The first-order valence-electron chi connectivity index (χ1n) is 11.7. The molecule has 0 radical (unpaired) electrons. The van der Waals surface area contributed by atoms with Crippen LogP contribution < -0.4 is 10.5 Å². The van der Waals surface area contributed by atoms with Crippen LogP contribution in [0.4, 0.5) is 0 Å². The van der Waals surface area contributed by atoms with Crippen molar-refractivity contribution in [2.45, 2.75) is 19.5 Å². The molecule has 0 fully saturated rings. The van der Waals surface area contributed by atoms with Crippen LogP contribution in [0.5, 0.6) is 11.5 Å². The van der Waals surface area contributed by atoms with Crippen molar-refractivity contribution in [3.05, 3.63) is 107 Å². The molecule has 7 nitrogen and oxygen atoms in total. The fourth-order valence-corrected chi connectivity index (χ4v) is 4.74. The van der Waals surface area contributed by atoms with Crippen LogP contribution in [0.1, 0.15) is 27.3 Å². The molecule has 0 atom stereocenters. The van der Waals surface area contributed by atoms with E-state index in [9.17, 15) is 4.79 Å². The molecule has 3 heterocycles. The number of ether oxygens (including phenoxy) is 1. The van der Waals surface area contributed by atoms with E-state index in [2.05, 4.69) is 34.3 Å². The molecule has 6 rings (SSSR count). The van der Waals surface area contributed by atoms with Crippen LogP contribution in [0.25, 0.3) is 16.9 Å². The van der Waals surface area contributed by atoms with Gasteiger partial charge in [-0.15, -0.1) is 0 Å². The van der Waals surface area contributed by atoms with E-state index in [4.69, 9.17) is 15.5 Å². The number of nitrogens with one attached hydrogen (secondary N) is 1. The van der Waals surface area contributed by atoms with E-state index in [0.717, 1.165) is 48.8 Å². The highest BCUT2D eigenvalue weighted by Crippen LogP contribution is 2.31. The molecule has 3 aromatic carbocycles. The minimum absolute atomic E-state index is 0.408. The highest BCUT2D eigenvalue weighted by atomic mass is 16.5. The van der Waals surface area contributed by atoms with E-state index in [0.29, 0.717) is 22.7 Å². The van der Waals surface area contributed by atoms with Crippen molar-refractivity contribution in [3.63, 3.8) is 0 Å². The van der Waals surface area contributed by atoms with Crippen molar-refractivity contribution in [3.8, 4) is 22.8 Å². The second kappa shape index (κ2) is 8.77. The van der Waals surface area contributed by atoms with Gasteiger partial charge in [-0.1, -0.05) is 48.5 Å². The number of carbonyl (C=O) groups excluding carboxylic acids is 1. The topological polar surface area (TPSA) is 88.7 Å². The predicted octanol–water partition coefficient (Wildman–Crippen LogP) is 4.78. The first kappa shape index (κ1) is 21.2. The number of hydrogen-bond acceptors (Lipinski definition) is 4. The van der Waals surface area contributed by atoms with E-state index in [1.165, 1.54) is 5.56 Å². The van der Waals surface area contributed by atoms with Crippen LogP contribution in [0.15, 0.2) is 84.9 Å². The first-order valence-corrected chi connectivity index (χ1v) is 11.7. The van der Waals surface area contributed by atoms with Gasteiger partial charge < -0.3 is 10.5 Å². The lowest BCUT2D eigenvalue weighted by molar-refractivity contribution is 0.100. The maximum atomic E-state index is 12.5. The summed E-state index contributed by atoms with van der Waals surface area (Å²) in [5.41, 5.74) is 11.7. The molecular weight excluding hydrogens is 438 g/mol. The number of aromatic amines is 1. The zero-order valence-electron chi connectivity index (χ0n) is 19.1. The number of carbonyl (C=O) groups is 1. The molecule has 174 valence electrons. The Morgan fingerprint density at radius 3 is 2.34 bits per heavy atom. The third-order valence-electron chi connectivity index (χ3n) is 6.41. The Balaban J connectivity index is 1.29. The van der Waals surface area contributed by atoms with Gasteiger partial charge in [0.2, 0.25) is 0 Å². The van der Waals surface area contributed by atoms with Crippen molar-refractivity contribution >= 4 is 11.6 Å². The van der Waals surface area contributed by atoms with Gasteiger partial charge in [0.1, 0.15) is 17.1 Å². The molecule has 0 saturated carbocycles. The number of para-hydroxylation sites is 1. The summed E-state index contributed by atoms with van der Waals surface area (Å²) in [6.07, 6.45) is 0.839. The Morgan fingerprint density at radius 1 is 0.943 bits per heavy atom. The molecule has 1 aliphatic heterocycles. The first-order chi connectivity index (χ1) is 17.2. The molecule has 0 bridgehead atoms. The normalized spacial score (nSPS) is 13.6. The van der Waals surface area contributed by atoms with Crippen LogP contribution in [0.3, 0.4) is 0 Å². The van der Waals surface area contributed by atoms with Crippen LogP contribution in [-0.4, -0.2) is 31.9 Å². The summed E-state index contributed by atoms with van der Waals surface area (Å²) in [5.74, 6) is 0.983. The summed E-state index contributed by atoms with van der Waals surface area (Å²) in [6, 6.07) is 27.7. The zero-order chi connectivity index (χ0) is 23.8. The van der Waals surface area contributed by atoms with E-state index in [1.54, 1.807) is 0 Å². The fourth-order valence-electron chi connectivity index (χ4n) is 4.74. The number of aromatic nitrogens is 3. The van der Waals surface area contributed by atoms with Crippen LogP contribution in [0, 0.1) is 0 Å². The van der Waals surface area contributed by atoms with Crippen LogP contribution in [0.2, 0.25) is 0 Å². The van der Waals surface area contributed by atoms with Crippen molar-refractivity contribution in [1.82, 2.24) is 19.5 Å². The zero-order valence-corrected chi connectivity index (χ0v) is 19.1. The smallest absolute Gasteiger partial charge is 0.254 e. The number of amides is 1. The predicted molar refractivity (Wildman–Crippen MR) is 134 cm³/mol. The Hall–Kier alpha value is -4.36. The van der Waals surface area contributed by atoms with Gasteiger partial charge in [0.05, 0.1) is 17.1 Å². The quantitative estimate of drug-likeness (QED) is 0.379. The van der Waals surface area contributed by atoms with Gasteiger partial charge in [-0.25, -0.2) is 9.50 Å². The molecule has 1 amide bonds. The standard InChI is InChI=1S/C28H25N5O2/c29-27(34)25-26(20-11-13-22(14-12-20)35-21-9-5-2-6-10-21)31-33-24-15-16-32(18-23(24)30-28(25)33)17-19-7-3-1-4-8-19/h1-14,31H,15-18H2,(H2,29,34). The van der Waals surface area contributed by atoms with Crippen LogP contribution in [-0.2, 0) is 19.5 Å². The highest BCUT2D eigenvalue weighted by Gasteiger charge is 2.27. The number of rotatable bonds is 6. The van der Waals surface area contributed by atoms with E-state index < -0.39 is 5.91 Å². The van der Waals surface area contributed by atoms with Crippen molar-refractivity contribution in [2.75, 3.05) is 6.54 Å². The molecule has 0 spiro atoms. The van der Waals surface area contributed by atoms with Crippen molar-refractivity contribution in [1.29, 1.82) is 0 Å². The molecule has 7 heteroatoms. The number of hydrogen-bond donors (Lipinski definition) is 2. The van der Waals surface area contributed by atoms with Gasteiger partial charge in [0, 0.05) is 31.6 Å². The molecule has 1 aliphatic rings. The summed E-state index contributed by atoms with van der Waals surface area (Å²) in [6.45, 7) is 2.53. The van der Waals surface area contributed by atoms with Crippen LogP contribution >= 0.6 is 0 Å². The van der Waals surface area contributed by atoms with E-state index in [-0.39, 0.29) is 0 Å². The minimum atomic E-state index is -0.501. The van der Waals surface area contributed by atoms with E-state index >= 15 is 0 Å². The molecule has 0 aliphatic carbocycles. The van der Waals surface area contributed by atoms with Gasteiger partial charge in [-0.3, -0.25) is 14.8 Å². The van der Waals surface area contributed by atoms with Gasteiger partial charge in [0.15, 0.2) is 5.65 Å². The van der Waals surface area contributed by atoms with Gasteiger partial charge in [0.25, 0.3) is 5.91 Å². The van der Waals surface area contributed by atoms with Crippen molar-refractivity contribution in [2.24, 2.45) is 5.73 Å². The summed E-state index contributed by atoms with van der Waals surface area (Å²) < 4.78 is 7.82. The SMILES string of the molecule is NC(=O)c1c(-c2ccc(Oc3ccccc3)cc2)[nH]n2c3c(nc12)CN(Cc1ccccc1)CC3. The molecule has 0 saturated heterocycles. The van der Waals surface area contributed by atoms with E-state index in [1.807, 2.05) is 65.2 Å². The lowest BCUT2D eigenvalue weighted by Crippen LogP contribution is -2.30. The summed E-state index contributed by atoms with van der Waals surface area (Å²) in [5, 5.41) is 3.40. The number of imidazole rings is 1. The lowest BCUT2D eigenvalue weighted by Gasteiger charge is -2.26. The van der Waals surface area contributed by atoms with Gasteiger partial charge in [-0.05, 0) is 42.0 Å². The Bertz CT molecular complexity index is 1490. The minimum Gasteiger partial charge on any atom is -0.457 e. The molecule has 3 N–H and O–H groups in total. The monoisotopic (exact) mass is 463 g/mol.